The topological polar surface area (TPSA) is 29.9 Å². The zero-order valence-electron chi connectivity index (χ0n) is 11.2. The summed E-state index contributed by atoms with van der Waals surface area (Å²) in [6.07, 6.45) is -0.513. The second kappa shape index (κ2) is 5.05. The van der Waals surface area contributed by atoms with E-state index in [1.807, 2.05) is 6.92 Å². The quantitative estimate of drug-likeness (QED) is 0.871. The summed E-state index contributed by atoms with van der Waals surface area (Å²) in [5.41, 5.74) is 0.503. The van der Waals surface area contributed by atoms with E-state index in [2.05, 4.69) is 26.2 Å². The molecule has 112 valence electrons. The van der Waals surface area contributed by atoms with Gasteiger partial charge in [0.25, 0.3) is 0 Å². The molecule has 1 aliphatic carbocycles. The average molecular weight is 360 g/mol. The first kappa shape index (κ1) is 14.4. The molecule has 0 unspecified atom stereocenters. The van der Waals surface area contributed by atoms with E-state index in [9.17, 15) is 13.2 Å². The van der Waals surface area contributed by atoms with Crippen LogP contribution in [0.1, 0.15) is 24.1 Å². The second-order valence-electron chi connectivity index (χ2n) is 5.19. The molecule has 0 aliphatic heterocycles. The van der Waals surface area contributed by atoms with Gasteiger partial charge >= 0.3 is 6.18 Å². The van der Waals surface area contributed by atoms with Crippen molar-refractivity contribution >= 4 is 21.9 Å². The predicted molar refractivity (Wildman–Crippen MR) is 77.6 cm³/mol. The molecule has 0 spiro atoms. The number of imidazole rings is 1. The Kier molecular flexibility index (Phi) is 3.47. The van der Waals surface area contributed by atoms with E-state index in [1.165, 1.54) is 0 Å². The molecule has 2 aromatic rings. The molecule has 0 radical (unpaired) electrons. The first-order valence-electron chi connectivity index (χ1n) is 6.53. The van der Waals surface area contributed by atoms with E-state index >= 15 is 0 Å². The van der Waals surface area contributed by atoms with E-state index in [1.54, 1.807) is 16.8 Å². The van der Waals surface area contributed by atoms with Crippen LogP contribution in [-0.2, 0) is 6.18 Å². The molecular formula is C14H13BrF3N3. The van der Waals surface area contributed by atoms with Gasteiger partial charge in [0.2, 0.25) is 5.95 Å². The molecule has 0 atom stereocenters. The van der Waals surface area contributed by atoms with Crippen LogP contribution in [0.5, 0.6) is 0 Å². The Labute approximate surface area is 128 Å². The Morgan fingerprint density at radius 2 is 2.00 bits per heavy atom. The number of anilines is 1. The van der Waals surface area contributed by atoms with Crippen molar-refractivity contribution in [3.63, 3.8) is 0 Å². The minimum absolute atomic E-state index is 0.375. The average Bonchev–Trinajstić information content (AvgIpc) is 3.10. The van der Waals surface area contributed by atoms with Gasteiger partial charge in [0.15, 0.2) is 0 Å². The normalized spacial score (nSPS) is 15.3. The third kappa shape index (κ3) is 3.23. The molecule has 0 amide bonds. The minimum Gasteiger partial charge on any atom is -0.353 e. The summed E-state index contributed by atoms with van der Waals surface area (Å²) in [7, 11) is 0. The van der Waals surface area contributed by atoms with Gasteiger partial charge in [0.1, 0.15) is 0 Å². The first-order chi connectivity index (χ1) is 9.83. The maximum absolute atomic E-state index is 12.9. The van der Waals surface area contributed by atoms with Gasteiger partial charge in [-0.25, -0.2) is 4.98 Å². The van der Waals surface area contributed by atoms with Crippen LogP contribution in [0.15, 0.2) is 28.9 Å². The third-order valence-electron chi connectivity index (χ3n) is 3.22. The van der Waals surface area contributed by atoms with Crippen LogP contribution in [0.4, 0.5) is 19.1 Å². The molecule has 3 rings (SSSR count). The second-order valence-corrected chi connectivity index (χ2v) is 6.11. The molecule has 1 fully saturated rings. The maximum atomic E-state index is 12.9. The summed E-state index contributed by atoms with van der Waals surface area (Å²) < 4.78 is 40.8. The van der Waals surface area contributed by atoms with Crippen molar-refractivity contribution in [2.75, 3.05) is 5.32 Å². The molecule has 1 N–H and O–H groups in total. The van der Waals surface area contributed by atoms with Crippen molar-refractivity contribution in [2.24, 2.45) is 0 Å². The lowest BCUT2D eigenvalue weighted by atomic mass is 10.2. The van der Waals surface area contributed by atoms with Gasteiger partial charge in [0, 0.05) is 16.7 Å². The van der Waals surface area contributed by atoms with Gasteiger partial charge in [-0.3, -0.25) is 4.57 Å². The molecule has 0 saturated heterocycles. The van der Waals surface area contributed by atoms with Gasteiger partial charge in [-0.15, -0.1) is 0 Å². The van der Waals surface area contributed by atoms with E-state index in [0.717, 1.165) is 30.7 Å². The molecule has 1 aliphatic rings. The number of rotatable bonds is 3. The highest BCUT2D eigenvalue weighted by molar-refractivity contribution is 9.10. The van der Waals surface area contributed by atoms with Crippen LogP contribution >= 0.6 is 15.9 Å². The summed E-state index contributed by atoms with van der Waals surface area (Å²) >= 11 is 3.14. The number of aryl methyl sites for hydroxylation is 1. The summed E-state index contributed by atoms with van der Waals surface area (Å²) in [6.45, 7) is 1.82. The van der Waals surface area contributed by atoms with Crippen LogP contribution in [0, 0.1) is 6.92 Å². The standard InChI is InChI=1S/C14H13BrF3N3/c1-8-7-21(13(19-8)20-11-2-3-11)12-5-9(14(16,17)18)4-10(15)6-12/h4-7,11H,2-3H2,1H3,(H,19,20). The number of benzene rings is 1. The van der Waals surface area contributed by atoms with E-state index in [0.29, 0.717) is 22.2 Å². The number of alkyl halides is 3. The molecule has 0 bridgehead atoms. The van der Waals surface area contributed by atoms with E-state index < -0.39 is 11.7 Å². The Balaban J connectivity index is 2.05. The monoisotopic (exact) mass is 359 g/mol. The SMILES string of the molecule is Cc1cn(-c2cc(Br)cc(C(F)(F)F)c2)c(NC2CC2)n1. The summed E-state index contributed by atoms with van der Waals surface area (Å²) in [4.78, 5) is 4.34. The Hall–Kier alpha value is -1.50. The molecule has 1 aromatic carbocycles. The number of hydrogen-bond donors (Lipinski definition) is 1. The molecule has 1 aromatic heterocycles. The molecule has 7 heteroatoms. The smallest absolute Gasteiger partial charge is 0.353 e. The lowest BCUT2D eigenvalue weighted by Crippen LogP contribution is -2.10. The summed E-state index contributed by atoms with van der Waals surface area (Å²) in [6, 6.07) is 4.22. The van der Waals surface area contributed by atoms with Crippen LogP contribution < -0.4 is 5.32 Å². The number of halogens is 4. The highest BCUT2D eigenvalue weighted by Gasteiger charge is 2.31. The van der Waals surface area contributed by atoms with Crippen LogP contribution in [0.3, 0.4) is 0 Å². The van der Waals surface area contributed by atoms with Crippen LogP contribution in [-0.4, -0.2) is 15.6 Å². The summed E-state index contributed by atoms with van der Waals surface area (Å²) in [5.74, 6) is 0.584. The van der Waals surface area contributed by atoms with Gasteiger partial charge in [-0.1, -0.05) is 15.9 Å². The Morgan fingerprint density at radius 3 is 2.62 bits per heavy atom. The van der Waals surface area contributed by atoms with E-state index in [4.69, 9.17) is 0 Å². The van der Waals surface area contributed by atoms with Crippen molar-refractivity contribution in [3.8, 4) is 5.69 Å². The van der Waals surface area contributed by atoms with Gasteiger partial charge < -0.3 is 5.32 Å². The summed E-state index contributed by atoms with van der Waals surface area (Å²) in [5, 5.41) is 3.24. The fraction of sp³-hybridized carbons (Fsp3) is 0.357. The Morgan fingerprint density at radius 1 is 1.29 bits per heavy atom. The molecule has 1 heterocycles. The number of aromatic nitrogens is 2. The van der Waals surface area contributed by atoms with Crippen molar-refractivity contribution in [1.82, 2.24) is 9.55 Å². The van der Waals surface area contributed by atoms with Crippen molar-refractivity contribution in [3.05, 3.63) is 40.1 Å². The van der Waals surface area contributed by atoms with Crippen molar-refractivity contribution in [2.45, 2.75) is 32.0 Å². The van der Waals surface area contributed by atoms with Crippen LogP contribution in [0.25, 0.3) is 5.69 Å². The predicted octanol–water partition coefficient (Wildman–Crippen LogP) is 4.54. The molecule has 21 heavy (non-hydrogen) atoms. The van der Waals surface area contributed by atoms with Crippen molar-refractivity contribution < 1.29 is 13.2 Å². The number of nitrogens with zero attached hydrogens (tertiary/aromatic N) is 2. The highest BCUT2D eigenvalue weighted by Crippen LogP contribution is 2.34. The van der Waals surface area contributed by atoms with Crippen molar-refractivity contribution in [1.29, 1.82) is 0 Å². The van der Waals surface area contributed by atoms with Crippen LogP contribution in [0.2, 0.25) is 0 Å². The zero-order valence-corrected chi connectivity index (χ0v) is 12.8. The molecule has 1 saturated carbocycles. The number of hydrogen-bond acceptors (Lipinski definition) is 2. The first-order valence-corrected chi connectivity index (χ1v) is 7.33. The minimum atomic E-state index is -4.38. The lowest BCUT2D eigenvalue weighted by molar-refractivity contribution is -0.137. The fourth-order valence-electron chi connectivity index (χ4n) is 2.08. The molecular weight excluding hydrogens is 347 g/mol. The molecule has 3 nitrogen and oxygen atoms in total. The third-order valence-corrected chi connectivity index (χ3v) is 3.68. The van der Waals surface area contributed by atoms with E-state index in [-0.39, 0.29) is 0 Å². The zero-order chi connectivity index (χ0) is 15.2. The Bertz CT molecular complexity index is 675. The van der Waals surface area contributed by atoms with Gasteiger partial charge in [0.05, 0.1) is 16.9 Å². The maximum Gasteiger partial charge on any atom is 0.416 e. The number of nitrogens with one attached hydrogen (secondary N) is 1. The van der Waals surface area contributed by atoms with Gasteiger partial charge in [-0.05, 0) is 38.0 Å². The lowest BCUT2D eigenvalue weighted by Gasteiger charge is -2.13. The van der Waals surface area contributed by atoms with Gasteiger partial charge in [-0.2, -0.15) is 13.2 Å². The highest BCUT2D eigenvalue weighted by atomic mass is 79.9. The fourth-order valence-corrected chi connectivity index (χ4v) is 2.56. The largest absolute Gasteiger partial charge is 0.416 e.